The van der Waals surface area contributed by atoms with Crippen molar-refractivity contribution in [2.45, 2.75) is 17.1 Å². The molecule has 0 saturated heterocycles. The van der Waals surface area contributed by atoms with Gasteiger partial charge in [0.1, 0.15) is 0 Å². The third kappa shape index (κ3) is 4.23. The minimum atomic E-state index is -3.70. The summed E-state index contributed by atoms with van der Waals surface area (Å²) in [6.07, 6.45) is 0.607. The van der Waals surface area contributed by atoms with Crippen LogP contribution in [0.2, 0.25) is 0 Å². The number of fused-ring (bicyclic) bond motifs is 1. The van der Waals surface area contributed by atoms with Crippen molar-refractivity contribution in [3.63, 3.8) is 0 Å². The molecule has 0 aliphatic carbocycles. The van der Waals surface area contributed by atoms with Crippen molar-refractivity contribution in [1.29, 1.82) is 0 Å². The number of sulfonamides is 1. The predicted octanol–water partition coefficient (Wildman–Crippen LogP) is 4.88. The largest absolute Gasteiger partial charge is 0.440 e. The molecular weight excluding hydrogens is 434 g/mol. The number of rotatable bonds is 7. The van der Waals surface area contributed by atoms with E-state index in [1.165, 1.54) is 6.07 Å². The molecule has 33 heavy (non-hydrogen) atoms. The van der Waals surface area contributed by atoms with Gasteiger partial charge in [0, 0.05) is 23.7 Å². The number of nitrogens with one attached hydrogen (secondary N) is 1. The zero-order valence-electron chi connectivity index (χ0n) is 17.8. The summed E-state index contributed by atoms with van der Waals surface area (Å²) < 4.78 is 41.2. The lowest BCUT2D eigenvalue weighted by Crippen LogP contribution is -2.36. The Morgan fingerprint density at radius 3 is 1.82 bits per heavy atom. The average molecular weight is 458 g/mol. The zero-order valence-corrected chi connectivity index (χ0v) is 18.7. The Morgan fingerprint density at radius 1 is 0.667 bits per heavy atom. The Balaban J connectivity index is 1.42. The molecule has 0 fully saturated rings. The highest BCUT2D eigenvalue weighted by molar-refractivity contribution is 7.89. The molecule has 0 unspecified atom stereocenters. The van der Waals surface area contributed by atoms with Crippen molar-refractivity contribution < 1.29 is 17.9 Å². The molecule has 6 heteroatoms. The van der Waals surface area contributed by atoms with Gasteiger partial charge in [0.2, 0.25) is 10.0 Å². The number of hydrogen-bond acceptors (Lipinski definition) is 4. The van der Waals surface area contributed by atoms with Gasteiger partial charge in [-0.1, -0.05) is 91.0 Å². The van der Waals surface area contributed by atoms with Crippen LogP contribution in [-0.4, -0.2) is 15.0 Å². The summed E-state index contributed by atoms with van der Waals surface area (Å²) in [6, 6.07) is 33.7. The van der Waals surface area contributed by atoms with E-state index in [1.54, 1.807) is 12.1 Å². The molecule has 0 amide bonds. The Morgan fingerprint density at radius 2 is 1.21 bits per heavy atom. The fourth-order valence-electron chi connectivity index (χ4n) is 3.93. The Bertz CT molecular complexity index is 1300. The van der Waals surface area contributed by atoms with E-state index in [1.807, 2.05) is 91.0 Å². The van der Waals surface area contributed by atoms with E-state index < -0.39 is 15.8 Å². The van der Waals surface area contributed by atoms with Gasteiger partial charge in [-0.3, -0.25) is 0 Å². The smallest absolute Gasteiger partial charge is 0.305 e. The van der Waals surface area contributed by atoms with E-state index in [0.717, 1.165) is 16.7 Å². The maximum atomic E-state index is 12.9. The van der Waals surface area contributed by atoms with Crippen molar-refractivity contribution in [2.75, 3.05) is 6.54 Å². The Labute approximate surface area is 193 Å². The molecule has 4 aromatic rings. The second-order valence-electron chi connectivity index (χ2n) is 7.79. The fourth-order valence-corrected chi connectivity index (χ4v) is 4.97. The lowest BCUT2D eigenvalue weighted by Gasteiger charge is -2.28. The van der Waals surface area contributed by atoms with Crippen LogP contribution in [0.1, 0.15) is 16.7 Å². The van der Waals surface area contributed by atoms with Crippen LogP contribution in [0.3, 0.4) is 0 Å². The van der Waals surface area contributed by atoms with E-state index in [0.29, 0.717) is 24.5 Å². The summed E-state index contributed by atoms with van der Waals surface area (Å²) in [5, 5.41) is 0. The lowest BCUT2D eigenvalue weighted by molar-refractivity contribution is -0.0459. The monoisotopic (exact) mass is 457 g/mol. The van der Waals surface area contributed by atoms with Gasteiger partial charge < -0.3 is 9.47 Å². The number of benzene rings is 4. The minimum Gasteiger partial charge on any atom is -0.440 e. The second-order valence-corrected chi connectivity index (χ2v) is 9.56. The van der Waals surface area contributed by atoms with Crippen LogP contribution >= 0.6 is 0 Å². The van der Waals surface area contributed by atoms with Gasteiger partial charge in [0.15, 0.2) is 11.5 Å². The van der Waals surface area contributed by atoms with E-state index in [9.17, 15) is 8.42 Å². The van der Waals surface area contributed by atoms with E-state index >= 15 is 0 Å². The average Bonchev–Trinajstić information content (AvgIpc) is 3.26. The molecule has 166 valence electrons. The highest BCUT2D eigenvalue weighted by Gasteiger charge is 2.45. The maximum absolute atomic E-state index is 12.9. The molecule has 1 N–H and O–H groups in total. The number of hydrogen-bond donors (Lipinski definition) is 1. The van der Waals surface area contributed by atoms with Crippen molar-refractivity contribution in [3.8, 4) is 11.5 Å². The van der Waals surface area contributed by atoms with Gasteiger partial charge in [-0.25, -0.2) is 13.1 Å². The molecule has 0 spiro atoms. The molecule has 1 heterocycles. The molecule has 0 radical (unpaired) electrons. The number of ether oxygens (including phenoxy) is 2. The first-order valence-electron chi connectivity index (χ1n) is 10.7. The SMILES string of the molecule is O=S(=O)(NCCc1ccccc1)c1ccc2c(c1)OC(c1ccccc1)(c1ccccc1)O2. The van der Waals surface area contributed by atoms with Gasteiger partial charge in [0.05, 0.1) is 4.90 Å². The van der Waals surface area contributed by atoms with E-state index in [-0.39, 0.29) is 4.90 Å². The molecule has 1 aliphatic heterocycles. The van der Waals surface area contributed by atoms with Crippen LogP contribution in [0, 0.1) is 0 Å². The normalized spacial score (nSPS) is 14.2. The fraction of sp³-hybridized carbons (Fsp3) is 0.111. The summed E-state index contributed by atoms with van der Waals surface area (Å²) in [7, 11) is -3.70. The Hall–Kier alpha value is -3.61. The summed E-state index contributed by atoms with van der Waals surface area (Å²) in [6.45, 7) is 0.304. The summed E-state index contributed by atoms with van der Waals surface area (Å²) in [5.41, 5.74) is 2.71. The molecule has 0 atom stereocenters. The van der Waals surface area contributed by atoms with Crippen LogP contribution in [0.5, 0.6) is 11.5 Å². The third-order valence-corrected chi connectivity index (χ3v) is 7.05. The van der Waals surface area contributed by atoms with Crippen LogP contribution in [-0.2, 0) is 22.2 Å². The summed E-state index contributed by atoms with van der Waals surface area (Å²) in [5.74, 6) is -0.312. The molecule has 0 bridgehead atoms. The molecule has 0 aromatic heterocycles. The molecule has 1 aliphatic rings. The molecule has 5 rings (SSSR count). The minimum absolute atomic E-state index is 0.134. The van der Waals surface area contributed by atoms with Gasteiger partial charge >= 0.3 is 5.79 Å². The molecular formula is C27H23NO4S. The lowest BCUT2D eigenvalue weighted by atomic mass is 9.97. The Kier molecular flexibility index (Phi) is 5.62. The van der Waals surface area contributed by atoms with Crippen molar-refractivity contribution in [1.82, 2.24) is 4.72 Å². The van der Waals surface area contributed by atoms with Crippen molar-refractivity contribution in [2.24, 2.45) is 0 Å². The maximum Gasteiger partial charge on any atom is 0.305 e. The predicted molar refractivity (Wildman–Crippen MR) is 127 cm³/mol. The van der Waals surface area contributed by atoms with Gasteiger partial charge in [0.25, 0.3) is 0 Å². The van der Waals surface area contributed by atoms with E-state index in [2.05, 4.69) is 4.72 Å². The summed E-state index contributed by atoms with van der Waals surface area (Å²) in [4.78, 5) is 0.134. The van der Waals surface area contributed by atoms with Crippen LogP contribution in [0.15, 0.2) is 114 Å². The second kappa shape index (κ2) is 8.73. The van der Waals surface area contributed by atoms with Crippen molar-refractivity contribution in [3.05, 3.63) is 126 Å². The topological polar surface area (TPSA) is 64.6 Å². The van der Waals surface area contributed by atoms with Gasteiger partial charge in [-0.2, -0.15) is 0 Å². The quantitative estimate of drug-likeness (QED) is 0.430. The molecule has 0 saturated carbocycles. The van der Waals surface area contributed by atoms with Gasteiger partial charge in [-0.05, 0) is 24.1 Å². The first-order chi connectivity index (χ1) is 16.1. The van der Waals surface area contributed by atoms with Gasteiger partial charge in [-0.15, -0.1) is 0 Å². The summed E-state index contributed by atoms with van der Waals surface area (Å²) >= 11 is 0. The van der Waals surface area contributed by atoms with Crippen LogP contribution in [0.4, 0.5) is 0 Å². The standard InChI is InChI=1S/C27H23NO4S/c29-33(30,28-19-18-21-10-4-1-5-11-21)24-16-17-25-26(20-24)32-27(31-25,22-12-6-2-7-13-22)23-14-8-3-9-15-23/h1-17,20,28H,18-19H2. The molecule has 5 nitrogen and oxygen atoms in total. The highest BCUT2D eigenvalue weighted by Crippen LogP contribution is 2.48. The van der Waals surface area contributed by atoms with Crippen molar-refractivity contribution >= 4 is 10.0 Å². The molecule has 4 aromatic carbocycles. The highest BCUT2D eigenvalue weighted by atomic mass is 32.2. The third-order valence-electron chi connectivity index (χ3n) is 5.59. The van der Waals surface area contributed by atoms with E-state index in [4.69, 9.17) is 9.47 Å². The zero-order chi connectivity index (χ0) is 22.7. The first-order valence-corrected chi connectivity index (χ1v) is 12.2. The first kappa shape index (κ1) is 21.2. The van der Waals surface area contributed by atoms with Crippen LogP contribution < -0.4 is 14.2 Å². The van der Waals surface area contributed by atoms with Crippen LogP contribution in [0.25, 0.3) is 0 Å².